The van der Waals surface area contributed by atoms with Crippen molar-refractivity contribution in [3.8, 4) is 17.1 Å². The molecule has 2 bridgehead atoms. The van der Waals surface area contributed by atoms with Gasteiger partial charge in [0.1, 0.15) is 17.3 Å². The fraction of sp³-hybridized carbons (Fsp3) is 0.417. The fourth-order valence-electron chi connectivity index (χ4n) is 4.84. The molecule has 1 aromatic carbocycles. The molecule has 0 aliphatic carbocycles. The van der Waals surface area contributed by atoms with Gasteiger partial charge in [-0.3, -0.25) is 9.59 Å². The van der Waals surface area contributed by atoms with E-state index in [1.165, 1.54) is 6.07 Å². The van der Waals surface area contributed by atoms with Gasteiger partial charge in [0.15, 0.2) is 5.58 Å². The number of amides is 1. The van der Waals surface area contributed by atoms with Gasteiger partial charge in [-0.15, -0.1) is 0 Å². The smallest absolute Gasteiger partial charge is 0.228 e. The maximum absolute atomic E-state index is 13.0. The summed E-state index contributed by atoms with van der Waals surface area (Å²) >= 11 is 0. The van der Waals surface area contributed by atoms with Gasteiger partial charge in [0, 0.05) is 24.2 Å². The van der Waals surface area contributed by atoms with Gasteiger partial charge >= 0.3 is 0 Å². The van der Waals surface area contributed by atoms with Crippen LogP contribution in [0.1, 0.15) is 24.2 Å². The Morgan fingerprint density at radius 3 is 2.55 bits per heavy atom. The van der Waals surface area contributed by atoms with Crippen LogP contribution in [0.15, 0.2) is 44.0 Å². The van der Waals surface area contributed by atoms with Crippen LogP contribution in [0.5, 0.6) is 5.75 Å². The Balaban J connectivity index is 1.49. The summed E-state index contributed by atoms with van der Waals surface area (Å²) in [5.74, 6) is 2.13. The van der Waals surface area contributed by atoms with E-state index in [9.17, 15) is 9.59 Å². The van der Waals surface area contributed by atoms with Crippen LogP contribution in [-0.2, 0) is 11.2 Å². The third-order valence-corrected chi connectivity index (χ3v) is 6.47. The highest BCUT2D eigenvalue weighted by molar-refractivity contribution is 5.90. The number of furan rings is 1. The van der Waals surface area contributed by atoms with Crippen molar-refractivity contribution in [2.45, 2.75) is 32.2 Å². The van der Waals surface area contributed by atoms with Crippen molar-refractivity contribution in [1.82, 2.24) is 10.2 Å². The van der Waals surface area contributed by atoms with Crippen LogP contribution >= 0.6 is 0 Å². The van der Waals surface area contributed by atoms with Gasteiger partial charge in [-0.25, -0.2) is 0 Å². The van der Waals surface area contributed by atoms with Crippen molar-refractivity contribution in [3.63, 3.8) is 0 Å². The van der Waals surface area contributed by atoms with Crippen LogP contribution in [0.3, 0.4) is 0 Å². The molecular weight excluding hydrogens is 396 g/mol. The van der Waals surface area contributed by atoms with Gasteiger partial charge in [-0.05, 0) is 63.0 Å². The number of carbonyl (C=O) groups is 1. The first kappa shape index (κ1) is 19.9. The van der Waals surface area contributed by atoms with E-state index in [0.717, 1.165) is 38.0 Å². The quantitative estimate of drug-likeness (QED) is 0.680. The van der Waals surface area contributed by atoms with E-state index < -0.39 is 0 Å². The highest BCUT2D eigenvalue weighted by atomic mass is 16.5. The molecule has 7 nitrogen and oxygen atoms in total. The van der Waals surface area contributed by atoms with Gasteiger partial charge < -0.3 is 23.8 Å². The average molecular weight is 422 g/mol. The predicted octanol–water partition coefficient (Wildman–Crippen LogP) is 3.12. The topological polar surface area (TPSA) is 84.9 Å². The summed E-state index contributed by atoms with van der Waals surface area (Å²) in [6.07, 6.45) is 2.35. The number of nitrogens with one attached hydrogen (secondary N) is 1. The Bertz CT molecular complexity index is 1170. The summed E-state index contributed by atoms with van der Waals surface area (Å²) < 4.78 is 17.0. The molecule has 3 saturated heterocycles. The largest absolute Gasteiger partial charge is 0.497 e. The molecule has 1 amide bonds. The number of carbonyl (C=O) groups excluding carboxylic acids is 1. The molecule has 0 radical (unpaired) electrons. The first-order valence-electron chi connectivity index (χ1n) is 10.7. The maximum Gasteiger partial charge on any atom is 0.228 e. The lowest BCUT2D eigenvalue weighted by atomic mass is 9.84. The zero-order chi connectivity index (χ0) is 21.5. The minimum absolute atomic E-state index is 0.0830. The van der Waals surface area contributed by atoms with Crippen LogP contribution in [0.2, 0.25) is 0 Å². The average Bonchev–Trinajstić information content (AvgIpc) is 3.13. The van der Waals surface area contributed by atoms with Crippen LogP contribution in [0.4, 0.5) is 0 Å². The summed E-state index contributed by atoms with van der Waals surface area (Å²) in [6.45, 7) is 4.87. The number of piperidine rings is 3. The molecule has 6 rings (SSSR count). The Morgan fingerprint density at radius 1 is 1.16 bits per heavy atom. The second kappa shape index (κ2) is 7.89. The lowest BCUT2D eigenvalue weighted by molar-refractivity contribution is -0.122. The number of ether oxygens (including phenoxy) is 1. The summed E-state index contributed by atoms with van der Waals surface area (Å²) in [7, 11) is 1.60. The van der Waals surface area contributed by atoms with Crippen LogP contribution < -0.4 is 15.5 Å². The number of methoxy groups -OCH3 is 1. The zero-order valence-corrected chi connectivity index (χ0v) is 17.8. The van der Waals surface area contributed by atoms with Crippen molar-refractivity contribution in [3.05, 3.63) is 51.9 Å². The van der Waals surface area contributed by atoms with E-state index in [1.807, 2.05) is 24.3 Å². The maximum atomic E-state index is 13.0. The Hall–Kier alpha value is -3.06. The first-order chi connectivity index (χ1) is 15.0. The fourth-order valence-corrected chi connectivity index (χ4v) is 4.84. The molecule has 1 unspecified atom stereocenters. The van der Waals surface area contributed by atoms with E-state index in [0.29, 0.717) is 34.3 Å². The Labute approximate surface area is 180 Å². The minimum Gasteiger partial charge on any atom is -0.497 e. The number of benzene rings is 1. The highest BCUT2D eigenvalue weighted by Crippen LogP contribution is 2.34. The zero-order valence-electron chi connectivity index (χ0n) is 17.8. The molecule has 3 fully saturated rings. The van der Waals surface area contributed by atoms with E-state index in [2.05, 4.69) is 10.2 Å². The summed E-state index contributed by atoms with van der Waals surface area (Å²) in [5.41, 5.74) is 1.59. The lowest BCUT2D eigenvalue weighted by Crippen LogP contribution is -2.57. The van der Waals surface area contributed by atoms with Gasteiger partial charge in [-0.1, -0.05) is 0 Å². The van der Waals surface area contributed by atoms with Gasteiger partial charge in [0.2, 0.25) is 16.9 Å². The normalized spacial score (nSPS) is 22.6. The molecule has 1 N–H and O–H groups in total. The van der Waals surface area contributed by atoms with Crippen LogP contribution in [0, 0.1) is 12.8 Å². The van der Waals surface area contributed by atoms with Crippen molar-refractivity contribution in [1.29, 1.82) is 0 Å². The number of nitrogens with zero attached hydrogens (tertiary/aromatic N) is 1. The Morgan fingerprint density at radius 2 is 1.90 bits per heavy atom. The van der Waals surface area contributed by atoms with E-state index in [1.54, 1.807) is 14.0 Å². The molecule has 7 heteroatoms. The number of aryl methyl sites for hydroxylation is 1. The number of rotatable bonds is 5. The van der Waals surface area contributed by atoms with Crippen molar-refractivity contribution in [2.75, 3.05) is 26.7 Å². The summed E-state index contributed by atoms with van der Waals surface area (Å²) in [6, 6.07) is 8.91. The van der Waals surface area contributed by atoms with Crippen molar-refractivity contribution < 1.29 is 18.4 Å². The second-order valence-electron chi connectivity index (χ2n) is 8.51. The number of fused-ring (bicyclic) bond motifs is 4. The molecular formula is C24H26N2O5. The third kappa shape index (κ3) is 3.74. The number of hydrogen-bond donors (Lipinski definition) is 1. The molecule has 2 aromatic heterocycles. The molecule has 3 aromatic rings. The van der Waals surface area contributed by atoms with E-state index >= 15 is 0 Å². The standard InChI is InChI=1S/C24H26N2O5/c1-14-11-20(27)24-23(30-14)18(22(31-24)16-3-5-17(29-2)6-4-16)12-21(28)25-19-13-26-9-7-15(19)8-10-26/h3-6,11,15,19H,7-10,12-13H2,1-2H3,(H,25,28). The minimum atomic E-state index is -0.252. The van der Waals surface area contributed by atoms with Crippen molar-refractivity contribution >= 4 is 17.1 Å². The summed E-state index contributed by atoms with van der Waals surface area (Å²) in [5, 5.41) is 3.22. The lowest BCUT2D eigenvalue weighted by Gasteiger charge is -2.44. The second-order valence-corrected chi connectivity index (χ2v) is 8.51. The van der Waals surface area contributed by atoms with Gasteiger partial charge in [0.05, 0.1) is 19.1 Å². The van der Waals surface area contributed by atoms with Gasteiger partial charge in [-0.2, -0.15) is 0 Å². The molecule has 0 saturated carbocycles. The van der Waals surface area contributed by atoms with E-state index in [4.69, 9.17) is 13.6 Å². The Kier molecular flexibility index (Phi) is 5.06. The monoisotopic (exact) mass is 422 g/mol. The molecule has 1 atom stereocenters. The predicted molar refractivity (Wildman–Crippen MR) is 116 cm³/mol. The van der Waals surface area contributed by atoms with E-state index in [-0.39, 0.29) is 29.4 Å². The molecule has 0 spiro atoms. The molecule has 31 heavy (non-hydrogen) atoms. The van der Waals surface area contributed by atoms with Gasteiger partial charge in [0.25, 0.3) is 0 Å². The number of hydrogen-bond acceptors (Lipinski definition) is 6. The van der Waals surface area contributed by atoms with Crippen LogP contribution in [0.25, 0.3) is 22.5 Å². The third-order valence-electron chi connectivity index (χ3n) is 6.47. The highest BCUT2D eigenvalue weighted by Gasteiger charge is 2.35. The van der Waals surface area contributed by atoms with Crippen LogP contribution in [-0.4, -0.2) is 43.6 Å². The first-order valence-corrected chi connectivity index (χ1v) is 10.7. The van der Waals surface area contributed by atoms with Crippen molar-refractivity contribution in [2.24, 2.45) is 5.92 Å². The molecule has 5 heterocycles. The molecule has 3 aliphatic rings. The SMILES string of the molecule is COc1ccc(-c2oc3c(=O)cc(C)oc3c2CC(=O)NC2CN3CCC2CC3)cc1. The molecule has 162 valence electrons. The molecule has 3 aliphatic heterocycles. The summed E-state index contributed by atoms with van der Waals surface area (Å²) in [4.78, 5) is 28.0.